The van der Waals surface area contributed by atoms with Crippen molar-refractivity contribution < 1.29 is 8.78 Å². The molecular weight excluding hydrogens is 234 g/mol. The van der Waals surface area contributed by atoms with Crippen LogP contribution in [0.25, 0.3) is 0 Å². The van der Waals surface area contributed by atoms with Crippen LogP contribution in [-0.2, 0) is 0 Å². The van der Waals surface area contributed by atoms with Crippen molar-refractivity contribution in [1.29, 1.82) is 0 Å². The van der Waals surface area contributed by atoms with Crippen molar-refractivity contribution in [3.05, 3.63) is 29.8 Å². The molecule has 100 valence electrons. The van der Waals surface area contributed by atoms with Crippen LogP contribution in [0.1, 0.15) is 26.2 Å². The zero-order valence-electron chi connectivity index (χ0n) is 10.8. The molecule has 1 aromatic rings. The van der Waals surface area contributed by atoms with E-state index in [2.05, 4.69) is 12.2 Å². The number of piperidine rings is 1. The Hall–Kier alpha value is -1.16. The van der Waals surface area contributed by atoms with Gasteiger partial charge in [-0.25, -0.2) is 8.78 Å². The van der Waals surface area contributed by atoms with Crippen molar-refractivity contribution >= 4 is 5.69 Å². The molecule has 0 atom stereocenters. The zero-order chi connectivity index (χ0) is 13.0. The van der Waals surface area contributed by atoms with Gasteiger partial charge in [0.15, 0.2) is 0 Å². The number of benzene rings is 1. The number of hydrogen-bond acceptors (Lipinski definition) is 2. The van der Waals surface area contributed by atoms with Crippen LogP contribution in [0.4, 0.5) is 14.5 Å². The fraction of sp³-hybridized carbons (Fsp3) is 0.571. The smallest absolute Gasteiger partial charge is 0.149 e. The highest BCUT2D eigenvalue weighted by Crippen LogP contribution is 2.26. The van der Waals surface area contributed by atoms with E-state index in [0.29, 0.717) is 19.1 Å². The van der Waals surface area contributed by atoms with Crippen LogP contribution < -0.4 is 10.2 Å². The minimum absolute atomic E-state index is 0.131. The van der Waals surface area contributed by atoms with E-state index in [1.807, 2.05) is 4.90 Å². The van der Waals surface area contributed by atoms with Gasteiger partial charge in [0.1, 0.15) is 17.3 Å². The molecule has 1 saturated heterocycles. The molecule has 1 aromatic carbocycles. The molecule has 0 bridgehead atoms. The summed E-state index contributed by atoms with van der Waals surface area (Å²) in [5.41, 5.74) is 0.131. The lowest BCUT2D eigenvalue weighted by atomic mass is 10.0. The van der Waals surface area contributed by atoms with Crippen molar-refractivity contribution in [2.75, 3.05) is 24.5 Å². The van der Waals surface area contributed by atoms with Crippen molar-refractivity contribution in [3.8, 4) is 0 Å². The lowest BCUT2D eigenvalue weighted by molar-refractivity contribution is 0.410. The Kier molecular flexibility index (Phi) is 4.53. The number of anilines is 1. The van der Waals surface area contributed by atoms with Crippen molar-refractivity contribution in [1.82, 2.24) is 5.32 Å². The highest BCUT2D eigenvalue weighted by molar-refractivity contribution is 5.49. The second-order valence-corrected chi connectivity index (χ2v) is 4.79. The summed E-state index contributed by atoms with van der Waals surface area (Å²) in [6.45, 7) is 4.56. The van der Waals surface area contributed by atoms with E-state index in [-0.39, 0.29) is 5.69 Å². The first kappa shape index (κ1) is 13.3. The molecule has 1 aliphatic rings. The lowest BCUT2D eigenvalue weighted by Gasteiger charge is -2.34. The molecule has 1 heterocycles. The molecule has 1 aliphatic heterocycles. The van der Waals surface area contributed by atoms with Gasteiger partial charge < -0.3 is 10.2 Å². The fourth-order valence-electron chi connectivity index (χ4n) is 2.45. The third-order valence-corrected chi connectivity index (χ3v) is 3.43. The first-order chi connectivity index (χ1) is 8.72. The fourth-order valence-corrected chi connectivity index (χ4v) is 2.45. The first-order valence-electron chi connectivity index (χ1n) is 6.64. The van der Waals surface area contributed by atoms with E-state index in [0.717, 1.165) is 25.8 Å². The summed E-state index contributed by atoms with van der Waals surface area (Å²) in [6, 6.07) is 4.53. The monoisotopic (exact) mass is 254 g/mol. The maximum Gasteiger partial charge on any atom is 0.149 e. The summed E-state index contributed by atoms with van der Waals surface area (Å²) < 4.78 is 27.3. The summed E-state index contributed by atoms with van der Waals surface area (Å²) in [6.07, 6.45) is 2.99. The van der Waals surface area contributed by atoms with E-state index in [4.69, 9.17) is 0 Å². The second kappa shape index (κ2) is 6.14. The standard InChI is InChI=1S/C14H20F2N2/c1-2-8-17-11-6-9-18(10-7-11)14-12(15)4-3-5-13(14)16/h3-5,11,17H,2,6-10H2,1H3. The third kappa shape index (κ3) is 2.99. The maximum absolute atomic E-state index is 13.6. The van der Waals surface area contributed by atoms with Crippen LogP contribution in [0.2, 0.25) is 0 Å². The Morgan fingerprint density at radius 3 is 2.39 bits per heavy atom. The lowest BCUT2D eigenvalue weighted by Crippen LogP contribution is -2.43. The highest BCUT2D eigenvalue weighted by Gasteiger charge is 2.22. The topological polar surface area (TPSA) is 15.3 Å². The molecule has 1 fully saturated rings. The molecule has 1 N–H and O–H groups in total. The average Bonchev–Trinajstić information content (AvgIpc) is 2.37. The molecule has 2 rings (SSSR count). The molecule has 0 aromatic heterocycles. The molecular formula is C14H20F2N2. The van der Waals surface area contributed by atoms with Crippen LogP contribution >= 0.6 is 0 Å². The van der Waals surface area contributed by atoms with Crippen molar-refractivity contribution in [2.45, 2.75) is 32.2 Å². The molecule has 0 unspecified atom stereocenters. The zero-order valence-corrected chi connectivity index (χ0v) is 10.8. The van der Waals surface area contributed by atoms with Gasteiger partial charge in [0.25, 0.3) is 0 Å². The Morgan fingerprint density at radius 1 is 1.22 bits per heavy atom. The molecule has 0 aliphatic carbocycles. The second-order valence-electron chi connectivity index (χ2n) is 4.79. The Labute approximate surface area is 107 Å². The van der Waals surface area contributed by atoms with Gasteiger partial charge in [-0.1, -0.05) is 13.0 Å². The Bertz CT molecular complexity index is 367. The van der Waals surface area contributed by atoms with Gasteiger partial charge in [-0.3, -0.25) is 0 Å². The van der Waals surface area contributed by atoms with E-state index in [9.17, 15) is 8.78 Å². The number of para-hydroxylation sites is 1. The number of nitrogens with zero attached hydrogens (tertiary/aromatic N) is 1. The summed E-state index contributed by atoms with van der Waals surface area (Å²) in [5, 5.41) is 3.46. The summed E-state index contributed by atoms with van der Waals surface area (Å²) in [7, 11) is 0. The third-order valence-electron chi connectivity index (χ3n) is 3.43. The number of rotatable bonds is 4. The molecule has 0 amide bonds. The van der Waals surface area contributed by atoms with Crippen LogP contribution in [0.5, 0.6) is 0 Å². The molecule has 0 spiro atoms. The predicted octanol–water partition coefficient (Wildman–Crippen LogP) is 2.93. The number of halogens is 2. The van der Waals surface area contributed by atoms with Gasteiger partial charge in [-0.15, -0.1) is 0 Å². The summed E-state index contributed by atoms with van der Waals surface area (Å²) in [4.78, 5) is 1.81. The number of hydrogen-bond donors (Lipinski definition) is 1. The van der Waals surface area contributed by atoms with Crippen LogP contribution in [0.3, 0.4) is 0 Å². The number of nitrogens with one attached hydrogen (secondary N) is 1. The van der Waals surface area contributed by atoms with Crippen LogP contribution in [0.15, 0.2) is 18.2 Å². The summed E-state index contributed by atoms with van der Waals surface area (Å²) in [5.74, 6) is -0.926. The van der Waals surface area contributed by atoms with Gasteiger partial charge in [0, 0.05) is 19.1 Å². The average molecular weight is 254 g/mol. The van der Waals surface area contributed by atoms with Gasteiger partial charge in [0.2, 0.25) is 0 Å². The molecule has 18 heavy (non-hydrogen) atoms. The van der Waals surface area contributed by atoms with Gasteiger partial charge in [-0.2, -0.15) is 0 Å². The van der Waals surface area contributed by atoms with E-state index < -0.39 is 11.6 Å². The Balaban J connectivity index is 1.97. The minimum atomic E-state index is -0.463. The SMILES string of the molecule is CCCNC1CCN(c2c(F)cccc2F)CC1. The molecule has 2 nitrogen and oxygen atoms in total. The molecule has 0 saturated carbocycles. The van der Waals surface area contributed by atoms with E-state index in [1.54, 1.807) is 0 Å². The van der Waals surface area contributed by atoms with E-state index >= 15 is 0 Å². The van der Waals surface area contributed by atoms with E-state index in [1.165, 1.54) is 18.2 Å². The molecule has 4 heteroatoms. The van der Waals surface area contributed by atoms with Gasteiger partial charge in [0.05, 0.1) is 0 Å². The predicted molar refractivity (Wildman–Crippen MR) is 69.9 cm³/mol. The first-order valence-corrected chi connectivity index (χ1v) is 6.64. The largest absolute Gasteiger partial charge is 0.367 e. The normalized spacial score (nSPS) is 17.2. The van der Waals surface area contributed by atoms with Crippen molar-refractivity contribution in [2.24, 2.45) is 0 Å². The van der Waals surface area contributed by atoms with Crippen LogP contribution in [-0.4, -0.2) is 25.7 Å². The van der Waals surface area contributed by atoms with Crippen molar-refractivity contribution in [3.63, 3.8) is 0 Å². The van der Waals surface area contributed by atoms with Gasteiger partial charge in [-0.05, 0) is 37.9 Å². The van der Waals surface area contributed by atoms with Gasteiger partial charge >= 0.3 is 0 Å². The minimum Gasteiger partial charge on any atom is -0.367 e. The summed E-state index contributed by atoms with van der Waals surface area (Å²) >= 11 is 0. The van der Waals surface area contributed by atoms with Crippen LogP contribution in [0, 0.1) is 11.6 Å². The molecule has 0 radical (unpaired) electrons. The Morgan fingerprint density at radius 2 is 1.83 bits per heavy atom. The highest BCUT2D eigenvalue weighted by atomic mass is 19.1. The maximum atomic E-state index is 13.6. The quantitative estimate of drug-likeness (QED) is 0.888.